The SMILES string of the molecule is CC(Sc1nc(C2CC2)n(-c2ccccc2)n1)C(=O)NCc1ccc2c(c1)OCO2. The van der Waals surface area contributed by atoms with Crippen LogP contribution in [0.5, 0.6) is 11.5 Å². The van der Waals surface area contributed by atoms with E-state index in [0.717, 1.165) is 35.7 Å². The predicted octanol–water partition coefficient (Wildman–Crippen LogP) is 3.67. The Hall–Kier alpha value is -3.00. The van der Waals surface area contributed by atoms with E-state index in [9.17, 15) is 4.79 Å². The van der Waals surface area contributed by atoms with Crippen molar-refractivity contribution >= 4 is 17.7 Å². The predicted molar refractivity (Wildman–Crippen MR) is 113 cm³/mol. The van der Waals surface area contributed by atoms with Gasteiger partial charge < -0.3 is 14.8 Å². The molecule has 154 valence electrons. The molecule has 1 fully saturated rings. The number of para-hydroxylation sites is 1. The van der Waals surface area contributed by atoms with Crippen LogP contribution in [0, 0.1) is 0 Å². The van der Waals surface area contributed by atoms with Crippen molar-refractivity contribution in [2.24, 2.45) is 0 Å². The minimum Gasteiger partial charge on any atom is -0.454 e. The lowest BCUT2D eigenvalue weighted by Crippen LogP contribution is -2.30. The molecule has 2 aliphatic rings. The standard InChI is InChI=1S/C22H22N4O3S/c1-14(21(27)23-12-15-7-10-18-19(11-15)29-13-28-18)30-22-24-20(16-8-9-16)26(25-22)17-5-3-2-4-6-17/h2-7,10-11,14,16H,8-9,12-13H2,1H3,(H,23,27). The van der Waals surface area contributed by atoms with E-state index in [-0.39, 0.29) is 18.0 Å². The fourth-order valence-electron chi connectivity index (χ4n) is 3.31. The van der Waals surface area contributed by atoms with Crippen LogP contribution in [0.25, 0.3) is 5.69 Å². The van der Waals surface area contributed by atoms with E-state index in [0.29, 0.717) is 23.4 Å². The lowest BCUT2D eigenvalue weighted by Gasteiger charge is -2.10. The molecular formula is C22H22N4O3S. The van der Waals surface area contributed by atoms with Gasteiger partial charge in [-0.1, -0.05) is 36.0 Å². The summed E-state index contributed by atoms with van der Waals surface area (Å²) in [4.78, 5) is 17.3. The Morgan fingerprint density at radius 2 is 2.00 bits per heavy atom. The van der Waals surface area contributed by atoms with Crippen molar-refractivity contribution in [3.05, 3.63) is 59.9 Å². The molecule has 3 aromatic rings. The lowest BCUT2D eigenvalue weighted by atomic mass is 10.2. The molecule has 1 amide bonds. The van der Waals surface area contributed by atoms with Crippen molar-refractivity contribution in [3.8, 4) is 17.2 Å². The second-order valence-electron chi connectivity index (χ2n) is 7.44. The Kier molecular flexibility index (Phi) is 5.08. The van der Waals surface area contributed by atoms with Crippen LogP contribution in [0.3, 0.4) is 0 Å². The quantitative estimate of drug-likeness (QED) is 0.586. The van der Waals surface area contributed by atoms with E-state index in [1.54, 1.807) is 0 Å². The van der Waals surface area contributed by atoms with Crippen molar-refractivity contribution in [1.82, 2.24) is 20.1 Å². The summed E-state index contributed by atoms with van der Waals surface area (Å²) in [7, 11) is 0. The Labute approximate surface area is 178 Å². The molecule has 8 heteroatoms. The molecule has 5 rings (SSSR count). The molecule has 0 saturated heterocycles. The van der Waals surface area contributed by atoms with Gasteiger partial charge in [0.15, 0.2) is 11.5 Å². The average molecular weight is 423 g/mol. The maximum absolute atomic E-state index is 12.6. The summed E-state index contributed by atoms with van der Waals surface area (Å²) >= 11 is 1.38. The number of nitrogens with one attached hydrogen (secondary N) is 1. The molecule has 1 aliphatic heterocycles. The number of nitrogens with zero attached hydrogens (tertiary/aromatic N) is 3. The number of carbonyl (C=O) groups excluding carboxylic acids is 1. The second-order valence-corrected chi connectivity index (χ2v) is 8.75. The largest absolute Gasteiger partial charge is 0.454 e. The number of benzene rings is 2. The van der Waals surface area contributed by atoms with Crippen LogP contribution in [0.4, 0.5) is 0 Å². The maximum Gasteiger partial charge on any atom is 0.233 e. The summed E-state index contributed by atoms with van der Waals surface area (Å²) in [5.41, 5.74) is 1.96. The van der Waals surface area contributed by atoms with E-state index in [1.165, 1.54) is 11.8 Å². The smallest absolute Gasteiger partial charge is 0.233 e. The number of rotatable bonds is 7. The van der Waals surface area contributed by atoms with Crippen LogP contribution in [-0.2, 0) is 11.3 Å². The fourth-order valence-corrected chi connectivity index (χ4v) is 4.10. The van der Waals surface area contributed by atoms with Crippen LogP contribution in [0.1, 0.15) is 37.1 Å². The van der Waals surface area contributed by atoms with Gasteiger partial charge in [0.1, 0.15) is 5.82 Å². The zero-order valence-corrected chi connectivity index (χ0v) is 17.4. The van der Waals surface area contributed by atoms with Crippen LogP contribution in [-0.4, -0.2) is 32.7 Å². The van der Waals surface area contributed by atoms with Crippen molar-refractivity contribution in [1.29, 1.82) is 0 Å². The number of thioether (sulfide) groups is 1. The number of hydrogen-bond acceptors (Lipinski definition) is 6. The van der Waals surface area contributed by atoms with Gasteiger partial charge in [-0.25, -0.2) is 9.67 Å². The first-order chi connectivity index (χ1) is 14.7. The zero-order chi connectivity index (χ0) is 20.5. The van der Waals surface area contributed by atoms with Gasteiger partial charge in [-0.3, -0.25) is 4.79 Å². The maximum atomic E-state index is 12.6. The topological polar surface area (TPSA) is 78.3 Å². The highest BCUT2D eigenvalue weighted by atomic mass is 32.2. The van der Waals surface area contributed by atoms with Gasteiger partial charge in [-0.2, -0.15) is 0 Å². The molecule has 1 aliphatic carbocycles. The number of ether oxygens (including phenoxy) is 2. The van der Waals surface area contributed by atoms with Gasteiger partial charge in [0.2, 0.25) is 17.9 Å². The van der Waals surface area contributed by atoms with Crippen molar-refractivity contribution in [2.75, 3.05) is 6.79 Å². The highest BCUT2D eigenvalue weighted by Crippen LogP contribution is 2.40. The summed E-state index contributed by atoms with van der Waals surface area (Å²) < 4.78 is 12.6. The van der Waals surface area contributed by atoms with Crippen molar-refractivity contribution in [3.63, 3.8) is 0 Å². The summed E-state index contributed by atoms with van der Waals surface area (Å²) in [6.07, 6.45) is 2.28. The van der Waals surface area contributed by atoms with Gasteiger partial charge in [0.25, 0.3) is 0 Å². The van der Waals surface area contributed by atoms with E-state index in [1.807, 2.05) is 60.1 Å². The highest BCUT2D eigenvalue weighted by Gasteiger charge is 2.31. The van der Waals surface area contributed by atoms with Crippen LogP contribution >= 0.6 is 11.8 Å². The average Bonchev–Trinajstić information content (AvgIpc) is 3.36. The third-order valence-corrected chi connectivity index (χ3v) is 6.06. The molecule has 30 heavy (non-hydrogen) atoms. The second kappa shape index (κ2) is 8.02. The zero-order valence-electron chi connectivity index (χ0n) is 16.6. The van der Waals surface area contributed by atoms with Gasteiger partial charge >= 0.3 is 0 Å². The van der Waals surface area contributed by atoms with E-state index in [2.05, 4.69) is 10.4 Å². The first kappa shape index (κ1) is 19.0. The third-order valence-electron chi connectivity index (χ3n) is 5.11. The molecule has 2 heterocycles. The molecular weight excluding hydrogens is 400 g/mol. The van der Waals surface area contributed by atoms with Crippen LogP contribution in [0.15, 0.2) is 53.7 Å². The first-order valence-electron chi connectivity index (χ1n) is 10.0. The number of amides is 1. The van der Waals surface area contributed by atoms with E-state index < -0.39 is 0 Å². The van der Waals surface area contributed by atoms with Gasteiger partial charge in [-0.15, -0.1) is 5.10 Å². The molecule has 1 atom stereocenters. The molecule has 1 unspecified atom stereocenters. The molecule has 1 saturated carbocycles. The van der Waals surface area contributed by atoms with E-state index in [4.69, 9.17) is 14.5 Å². The molecule has 2 aromatic carbocycles. The lowest BCUT2D eigenvalue weighted by molar-refractivity contribution is -0.120. The van der Waals surface area contributed by atoms with E-state index >= 15 is 0 Å². The first-order valence-corrected chi connectivity index (χ1v) is 10.9. The highest BCUT2D eigenvalue weighted by molar-refractivity contribution is 8.00. The Bertz CT molecular complexity index is 1070. The molecule has 0 bridgehead atoms. The number of aromatic nitrogens is 3. The number of fused-ring (bicyclic) bond motifs is 1. The van der Waals surface area contributed by atoms with Gasteiger partial charge in [0.05, 0.1) is 10.9 Å². The minimum absolute atomic E-state index is 0.0540. The Morgan fingerprint density at radius 1 is 1.20 bits per heavy atom. The normalized spacial score (nSPS) is 15.8. The monoisotopic (exact) mass is 422 g/mol. The van der Waals surface area contributed by atoms with Crippen molar-refractivity contribution < 1.29 is 14.3 Å². The third kappa shape index (κ3) is 4.00. The molecule has 1 N–H and O–H groups in total. The summed E-state index contributed by atoms with van der Waals surface area (Å²) in [5.74, 6) is 2.84. The summed E-state index contributed by atoms with van der Waals surface area (Å²) in [6, 6.07) is 15.7. The number of carbonyl (C=O) groups is 1. The fraction of sp³-hybridized carbons (Fsp3) is 0.318. The van der Waals surface area contributed by atoms with Crippen LogP contribution in [0.2, 0.25) is 0 Å². The minimum atomic E-state index is -0.308. The molecule has 1 aromatic heterocycles. The number of hydrogen-bond donors (Lipinski definition) is 1. The molecule has 7 nitrogen and oxygen atoms in total. The van der Waals surface area contributed by atoms with Crippen molar-refractivity contribution in [2.45, 2.75) is 42.6 Å². The molecule has 0 radical (unpaired) electrons. The Morgan fingerprint density at radius 3 is 2.80 bits per heavy atom. The van der Waals surface area contributed by atoms with Gasteiger partial charge in [0, 0.05) is 12.5 Å². The Balaban J connectivity index is 1.24. The summed E-state index contributed by atoms with van der Waals surface area (Å²) in [6.45, 7) is 2.55. The van der Waals surface area contributed by atoms with Crippen LogP contribution < -0.4 is 14.8 Å². The molecule has 0 spiro atoms. The van der Waals surface area contributed by atoms with Gasteiger partial charge in [-0.05, 0) is 49.6 Å². The summed E-state index contributed by atoms with van der Waals surface area (Å²) in [5, 5.41) is 7.98.